The van der Waals surface area contributed by atoms with E-state index < -0.39 is 12.0 Å². The molecule has 152 valence electrons. The van der Waals surface area contributed by atoms with E-state index in [0.717, 1.165) is 26.1 Å². The highest BCUT2D eigenvalue weighted by atomic mass is 79.9. The molecule has 1 aliphatic rings. The number of carbonyl (C=O) groups is 2. The van der Waals surface area contributed by atoms with E-state index in [1.54, 1.807) is 18.7 Å². The van der Waals surface area contributed by atoms with E-state index >= 15 is 0 Å². The first-order chi connectivity index (χ1) is 13.9. The number of thioether (sulfide) groups is 1. The number of benzene rings is 2. The summed E-state index contributed by atoms with van der Waals surface area (Å²) in [7, 11) is 0. The van der Waals surface area contributed by atoms with Crippen molar-refractivity contribution in [1.82, 2.24) is 10.6 Å². The van der Waals surface area contributed by atoms with Gasteiger partial charge in [0.25, 0.3) is 0 Å². The second kappa shape index (κ2) is 9.50. The van der Waals surface area contributed by atoms with Crippen LogP contribution in [0.25, 0.3) is 0 Å². The zero-order valence-electron chi connectivity index (χ0n) is 16.5. The number of rotatable bonds is 6. The van der Waals surface area contributed by atoms with Gasteiger partial charge in [0, 0.05) is 20.8 Å². The number of nitrogens with one attached hydrogen (secondary N) is 2. The first-order valence-corrected chi connectivity index (χ1v) is 11.1. The Kier molecular flexibility index (Phi) is 7.03. The minimum Gasteiger partial charge on any atom is -0.463 e. The predicted octanol–water partition coefficient (Wildman–Crippen LogP) is 5.03. The minimum absolute atomic E-state index is 0.267. The highest BCUT2D eigenvalue weighted by molar-refractivity contribution is 9.10. The van der Waals surface area contributed by atoms with Crippen LogP contribution in [0.2, 0.25) is 0 Å². The summed E-state index contributed by atoms with van der Waals surface area (Å²) in [6.07, 6.45) is 0. The second-order valence-corrected chi connectivity index (χ2v) is 8.71. The van der Waals surface area contributed by atoms with E-state index in [-0.39, 0.29) is 12.6 Å². The van der Waals surface area contributed by atoms with Crippen LogP contribution in [-0.4, -0.2) is 24.4 Å². The molecule has 0 spiro atoms. The van der Waals surface area contributed by atoms with Gasteiger partial charge in [-0.1, -0.05) is 39.7 Å². The zero-order valence-corrected chi connectivity index (χ0v) is 18.9. The maximum Gasteiger partial charge on any atom is 0.338 e. The van der Waals surface area contributed by atoms with Gasteiger partial charge in [-0.25, -0.2) is 9.59 Å². The molecule has 0 radical (unpaired) electrons. The topological polar surface area (TPSA) is 67.4 Å². The van der Waals surface area contributed by atoms with Gasteiger partial charge in [0.05, 0.1) is 18.2 Å². The standard InChI is InChI=1S/C22H23BrN2O3S/c1-4-28-21(26)19-18(12-29-16-9-7-15(23)8-10-16)24-22(27)25-20(19)17-11-13(2)5-6-14(17)3/h5-11,20H,4,12H2,1-3H3,(H2,24,25,27)/t20-/m0/s1. The van der Waals surface area contributed by atoms with E-state index in [4.69, 9.17) is 4.74 Å². The first kappa shape index (κ1) is 21.5. The number of esters is 1. The maximum absolute atomic E-state index is 12.9. The van der Waals surface area contributed by atoms with Gasteiger partial charge in [0.2, 0.25) is 0 Å². The lowest BCUT2D eigenvalue weighted by atomic mass is 9.91. The summed E-state index contributed by atoms with van der Waals surface area (Å²) in [5.41, 5.74) is 3.99. The van der Waals surface area contributed by atoms with Gasteiger partial charge in [-0.15, -0.1) is 11.8 Å². The summed E-state index contributed by atoms with van der Waals surface area (Å²) in [5, 5.41) is 5.72. The third-order valence-corrected chi connectivity index (χ3v) is 6.16. The molecule has 2 N–H and O–H groups in total. The van der Waals surface area contributed by atoms with Crippen LogP contribution < -0.4 is 10.6 Å². The van der Waals surface area contributed by atoms with E-state index in [0.29, 0.717) is 17.0 Å². The third kappa shape index (κ3) is 5.22. The van der Waals surface area contributed by atoms with Crippen LogP contribution in [0.5, 0.6) is 0 Å². The molecule has 2 amide bonds. The van der Waals surface area contributed by atoms with Crippen molar-refractivity contribution in [2.75, 3.05) is 12.4 Å². The summed E-state index contributed by atoms with van der Waals surface area (Å²) in [4.78, 5) is 26.3. The molecule has 0 aliphatic carbocycles. The molecule has 0 bridgehead atoms. The number of carbonyl (C=O) groups excluding carboxylic acids is 2. The Bertz CT molecular complexity index is 957. The number of hydrogen-bond acceptors (Lipinski definition) is 4. The average Bonchev–Trinajstić information content (AvgIpc) is 2.69. The molecular weight excluding hydrogens is 452 g/mol. The SMILES string of the molecule is CCOC(=O)C1=C(CSc2ccc(Br)cc2)NC(=O)N[C@H]1c1cc(C)ccc1C. The van der Waals surface area contributed by atoms with Crippen LogP contribution in [-0.2, 0) is 9.53 Å². The summed E-state index contributed by atoms with van der Waals surface area (Å²) >= 11 is 4.98. The predicted molar refractivity (Wildman–Crippen MR) is 119 cm³/mol. The molecule has 3 rings (SSSR count). The third-order valence-electron chi connectivity index (χ3n) is 4.59. The quantitative estimate of drug-likeness (QED) is 0.455. The lowest BCUT2D eigenvalue weighted by Crippen LogP contribution is -2.46. The Balaban J connectivity index is 2.00. The fourth-order valence-corrected chi connectivity index (χ4v) is 4.30. The second-order valence-electron chi connectivity index (χ2n) is 6.75. The fraction of sp³-hybridized carbons (Fsp3) is 0.273. The highest BCUT2D eigenvalue weighted by Crippen LogP contribution is 2.33. The maximum atomic E-state index is 12.9. The average molecular weight is 475 g/mol. The molecule has 1 atom stereocenters. The molecule has 0 saturated carbocycles. The summed E-state index contributed by atoms with van der Waals surface area (Å²) in [6, 6.07) is 13.0. The lowest BCUT2D eigenvalue weighted by Gasteiger charge is -2.30. The number of amides is 2. The summed E-state index contributed by atoms with van der Waals surface area (Å²) in [5.74, 6) is 0.0298. The molecule has 0 fully saturated rings. The molecule has 0 aromatic heterocycles. The Morgan fingerprint density at radius 3 is 2.59 bits per heavy atom. The van der Waals surface area contributed by atoms with Crippen molar-refractivity contribution in [3.8, 4) is 0 Å². The monoisotopic (exact) mass is 474 g/mol. The molecule has 0 saturated heterocycles. The molecule has 2 aromatic rings. The van der Waals surface area contributed by atoms with Crippen molar-refractivity contribution in [2.24, 2.45) is 0 Å². The molecule has 0 unspecified atom stereocenters. The Morgan fingerprint density at radius 1 is 1.17 bits per heavy atom. The number of urea groups is 1. The Labute approximate surface area is 183 Å². The van der Waals surface area contributed by atoms with Crippen molar-refractivity contribution >= 4 is 39.7 Å². The smallest absolute Gasteiger partial charge is 0.338 e. The van der Waals surface area contributed by atoms with Gasteiger partial charge in [0.1, 0.15) is 0 Å². The lowest BCUT2D eigenvalue weighted by molar-refractivity contribution is -0.139. The van der Waals surface area contributed by atoms with Gasteiger partial charge >= 0.3 is 12.0 Å². The largest absolute Gasteiger partial charge is 0.463 e. The number of hydrogen-bond donors (Lipinski definition) is 2. The molecule has 29 heavy (non-hydrogen) atoms. The van der Waals surface area contributed by atoms with Gasteiger partial charge in [-0.05, 0) is 56.2 Å². The summed E-state index contributed by atoms with van der Waals surface area (Å²) in [6.45, 7) is 6.01. The van der Waals surface area contributed by atoms with Crippen molar-refractivity contribution in [3.05, 3.63) is 74.9 Å². The van der Waals surface area contributed by atoms with Crippen LogP contribution in [0.4, 0.5) is 4.79 Å². The van der Waals surface area contributed by atoms with Crippen LogP contribution in [0, 0.1) is 13.8 Å². The Hall–Kier alpha value is -2.25. The Morgan fingerprint density at radius 2 is 1.90 bits per heavy atom. The van der Waals surface area contributed by atoms with Crippen LogP contribution in [0.1, 0.15) is 29.7 Å². The van der Waals surface area contributed by atoms with Crippen LogP contribution in [0.15, 0.2) is 63.1 Å². The highest BCUT2D eigenvalue weighted by Gasteiger charge is 2.34. The van der Waals surface area contributed by atoms with Crippen molar-refractivity contribution in [1.29, 1.82) is 0 Å². The molecule has 1 aliphatic heterocycles. The van der Waals surface area contributed by atoms with Crippen LogP contribution >= 0.6 is 27.7 Å². The minimum atomic E-state index is -0.553. The molecule has 1 heterocycles. The fourth-order valence-electron chi connectivity index (χ4n) is 3.17. The molecule has 2 aromatic carbocycles. The number of aryl methyl sites for hydroxylation is 2. The van der Waals surface area contributed by atoms with Gasteiger partial charge in [0.15, 0.2) is 0 Å². The number of halogens is 1. The molecule has 7 heteroatoms. The normalized spacial score (nSPS) is 16.3. The van der Waals surface area contributed by atoms with E-state index in [2.05, 4.69) is 26.6 Å². The van der Waals surface area contributed by atoms with E-state index in [1.807, 2.05) is 56.3 Å². The number of ether oxygens (including phenoxy) is 1. The zero-order chi connectivity index (χ0) is 21.0. The van der Waals surface area contributed by atoms with Crippen LogP contribution in [0.3, 0.4) is 0 Å². The van der Waals surface area contributed by atoms with E-state index in [1.165, 1.54) is 0 Å². The van der Waals surface area contributed by atoms with Gasteiger partial charge in [-0.3, -0.25) is 0 Å². The van der Waals surface area contributed by atoms with Crippen molar-refractivity contribution < 1.29 is 14.3 Å². The summed E-state index contributed by atoms with van der Waals surface area (Å²) < 4.78 is 6.33. The van der Waals surface area contributed by atoms with E-state index in [9.17, 15) is 9.59 Å². The first-order valence-electron chi connectivity index (χ1n) is 9.32. The van der Waals surface area contributed by atoms with Crippen molar-refractivity contribution in [3.63, 3.8) is 0 Å². The van der Waals surface area contributed by atoms with Gasteiger partial charge < -0.3 is 15.4 Å². The van der Waals surface area contributed by atoms with Gasteiger partial charge in [-0.2, -0.15) is 0 Å². The molecule has 5 nitrogen and oxygen atoms in total. The van der Waals surface area contributed by atoms with Crippen molar-refractivity contribution in [2.45, 2.75) is 31.7 Å². The molecular formula is C22H23BrN2O3S.